The van der Waals surface area contributed by atoms with E-state index in [0.29, 0.717) is 73.0 Å². The number of rotatable bonds is 0. The van der Waals surface area contributed by atoms with Gasteiger partial charge in [-0.25, -0.2) is 28.8 Å². The molecule has 3 aromatic rings. The molecular weight excluding hydrogens is 769 g/mol. The molecule has 0 unspecified atom stereocenters. The first kappa shape index (κ1) is 42.6. The fourth-order valence-electron chi connectivity index (χ4n) is 8.58. The molecule has 0 N–H and O–H groups in total. The minimum absolute atomic E-state index is 0.210. The lowest BCUT2D eigenvalue weighted by Gasteiger charge is -2.28. The zero-order valence-electron chi connectivity index (χ0n) is 34.0. The van der Waals surface area contributed by atoms with Gasteiger partial charge in [-0.3, -0.25) is 0 Å². The molecule has 3 aromatic carbocycles. The van der Waals surface area contributed by atoms with Crippen molar-refractivity contribution >= 4 is 35.8 Å². The summed E-state index contributed by atoms with van der Waals surface area (Å²) in [6, 6.07) is 18.9. The van der Waals surface area contributed by atoms with Gasteiger partial charge in [-0.2, -0.15) is 0 Å². The minimum Gasteiger partial charge on any atom is -0.462 e. The molecule has 3 aliphatic carbocycles. The quantitative estimate of drug-likeness (QED) is 0.158. The van der Waals surface area contributed by atoms with E-state index in [0.717, 1.165) is 77.0 Å². The first-order valence-corrected chi connectivity index (χ1v) is 21.5. The molecular formula is C48H54O12. The van der Waals surface area contributed by atoms with E-state index in [1.54, 1.807) is 72.8 Å². The molecule has 12 bridgehead atoms. The summed E-state index contributed by atoms with van der Waals surface area (Å²) in [7, 11) is 0. The second kappa shape index (κ2) is 20.6. The van der Waals surface area contributed by atoms with Gasteiger partial charge in [-0.05, 0) is 185 Å². The summed E-state index contributed by atoms with van der Waals surface area (Å²) in [5.41, 5.74) is 2.14. The lowest BCUT2D eigenvalue weighted by molar-refractivity contribution is 0.0292. The van der Waals surface area contributed by atoms with Crippen LogP contribution in [0.25, 0.3) is 0 Å². The Balaban J connectivity index is 0.924. The monoisotopic (exact) mass is 822 g/mol. The summed E-state index contributed by atoms with van der Waals surface area (Å²) in [5, 5.41) is 0. The molecule has 3 saturated carbocycles. The molecule has 0 amide bonds. The van der Waals surface area contributed by atoms with E-state index in [2.05, 4.69) is 0 Å². The van der Waals surface area contributed by atoms with E-state index in [4.69, 9.17) is 28.4 Å². The molecule has 0 atom stereocenters. The SMILES string of the molecule is O=C1OCC2CCC(CC2)COC(=O)c2ccc(cc2)C(=O)OCC2CCC(CC2)COC(=O)c2ccc(cc2)C(=O)OCC2CCC(CC2)COC(=O)c2ccc1cc2. The van der Waals surface area contributed by atoms with Crippen LogP contribution in [-0.4, -0.2) is 75.5 Å². The van der Waals surface area contributed by atoms with E-state index in [9.17, 15) is 28.8 Å². The van der Waals surface area contributed by atoms with Crippen LogP contribution in [0.2, 0.25) is 0 Å². The summed E-state index contributed by atoms with van der Waals surface area (Å²) < 4.78 is 33.7. The summed E-state index contributed by atoms with van der Waals surface area (Å²) >= 11 is 0. The van der Waals surface area contributed by atoms with Crippen LogP contribution in [-0.2, 0) is 28.4 Å². The highest BCUT2D eigenvalue weighted by atomic mass is 16.6. The molecule has 13 aliphatic rings. The fourth-order valence-corrected chi connectivity index (χ4v) is 8.58. The molecule has 0 spiro atoms. The van der Waals surface area contributed by atoms with E-state index in [1.165, 1.54) is 0 Å². The lowest BCUT2D eigenvalue weighted by atomic mass is 9.83. The van der Waals surface area contributed by atoms with Gasteiger partial charge in [0.15, 0.2) is 0 Å². The number of carbonyl (C=O) groups is 6. The highest BCUT2D eigenvalue weighted by Gasteiger charge is 2.27. The van der Waals surface area contributed by atoms with Crippen molar-refractivity contribution in [3.63, 3.8) is 0 Å². The number of ether oxygens (including phenoxy) is 6. The summed E-state index contributed by atoms with van der Waals surface area (Å²) in [4.78, 5) is 76.8. The van der Waals surface area contributed by atoms with Gasteiger partial charge in [0.1, 0.15) is 0 Å². The smallest absolute Gasteiger partial charge is 0.338 e. The van der Waals surface area contributed by atoms with Crippen molar-refractivity contribution in [2.24, 2.45) is 35.5 Å². The highest BCUT2D eigenvalue weighted by molar-refractivity contribution is 5.95. The topological polar surface area (TPSA) is 158 Å². The van der Waals surface area contributed by atoms with Crippen molar-refractivity contribution in [2.45, 2.75) is 77.0 Å². The van der Waals surface area contributed by atoms with Crippen molar-refractivity contribution < 1.29 is 57.2 Å². The number of hydrogen-bond donors (Lipinski definition) is 0. The van der Waals surface area contributed by atoms with E-state index in [-0.39, 0.29) is 35.5 Å². The van der Waals surface area contributed by atoms with Crippen LogP contribution in [0.3, 0.4) is 0 Å². The Bertz CT molecular complexity index is 1580. The van der Waals surface area contributed by atoms with Gasteiger partial charge in [-0.1, -0.05) is 0 Å². The van der Waals surface area contributed by atoms with Crippen LogP contribution < -0.4 is 0 Å². The number of benzene rings is 3. The molecule has 0 saturated heterocycles. The highest BCUT2D eigenvalue weighted by Crippen LogP contribution is 2.32. The minimum atomic E-state index is -0.449. The maximum absolute atomic E-state index is 12.8. The van der Waals surface area contributed by atoms with Crippen LogP contribution in [0, 0.1) is 35.5 Å². The van der Waals surface area contributed by atoms with Gasteiger partial charge >= 0.3 is 35.8 Å². The Labute approximate surface area is 350 Å². The Kier molecular flexibility index (Phi) is 14.7. The van der Waals surface area contributed by atoms with Crippen LogP contribution in [0.5, 0.6) is 0 Å². The van der Waals surface area contributed by atoms with Gasteiger partial charge in [0.2, 0.25) is 0 Å². The summed E-state index contributed by atoms with van der Waals surface area (Å²) in [6.45, 7) is 1.76. The Morgan fingerprint density at radius 1 is 0.233 bits per heavy atom. The maximum Gasteiger partial charge on any atom is 0.338 e. The second-order valence-electron chi connectivity index (χ2n) is 17.0. The fraction of sp³-hybridized carbons (Fsp3) is 0.500. The predicted octanol–water partition coefficient (Wildman–Crippen LogP) is 8.46. The molecule has 0 aromatic heterocycles. The van der Waals surface area contributed by atoms with Crippen LogP contribution >= 0.6 is 0 Å². The van der Waals surface area contributed by atoms with Crippen molar-refractivity contribution in [3.05, 3.63) is 106 Å². The van der Waals surface area contributed by atoms with Crippen LogP contribution in [0.1, 0.15) is 139 Å². The first-order valence-electron chi connectivity index (χ1n) is 21.5. The summed E-state index contributed by atoms with van der Waals surface area (Å²) in [5.74, 6) is -1.44. The van der Waals surface area contributed by atoms with Crippen LogP contribution in [0.15, 0.2) is 72.8 Å². The van der Waals surface area contributed by atoms with Gasteiger partial charge < -0.3 is 28.4 Å². The Morgan fingerprint density at radius 2 is 0.350 bits per heavy atom. The predicted molar refractivity (Wildman–Crippen MR) is 217 cm³/mol. The first-order chi connectivity index (χ1) is 29.2. The molecule has 16 rings (SSSR count). The average Bonchev–Trinajstić information content (AvgIpc) is 3.30. The van der Waals surface area contributed by atoms with E-state index < -0.39 is 35.8 Å². The number of carbonyl (C=O) groups excluding carboxylic acids is 6. The molecule has 3 fully saturated rings. The van der Waals surface area contributed by atoms with E-state index >= 15 is 0 Å². The molecule has 60 heavy (non-hydrogen) atoms. The molecule has 10 aliphatic heterocycles. The third kappa shape index (κ3) is 11.8. The average molecular weight is 823 g/mol. The van der Waals surface area contributed by atoms with Gasteiger partial charge in [-0.15, -0.1) is 0 Å². The lowest BCUT2D eigenvalue weighted by Crippen LogP contribution is -2.24. The summed E-state index contributed by atoms with van der Waals surface area (Å²) in [6.07, 6.45) is 10.1. The zero-order chi connectivity index (χ0) is 41.8. The second-order valence-corrected chi connectivity index (χ2v) is 17.0. The van der Waals surface area contributed by atoms with Gasteiger partial charge in [0, 0.05) is 0 Å². The molecule has 12 heteroatoms. The number of hydrogen-bond acceptors (Lipinski definition) is 12. The van der Waals surface area contributed by atoms with Crippen molar-refractivity contribution in [3.8, 4) is 0 Å². The van der Waals surface area contributed by atoms with Crippen LogP contribution in [0.4, 0.5) is 0 Å². The van der Waals surface area contributed by atoms with Gasteiger partial charge in [0.05, 0.1) is 73.0 Å². The molecule has 12 nitrogen and oxygen atoms in total. The normalized spacial score (nSPS) is 26.8. The number of esters is 6. The van der Waals surface area contributed by atoms with Gasteiger partial charge in [0.25, 0.3) is 0 Å². The third-order valence-electron chi connectivity index (χ3n) is 12.7. The third-order valence-corrected chi connectivity index (χ3v) is 12.7. The molecule has 318 valence electrons. The maximum atomic E-state index is 12.8. The molecule has 0 radical (unpaired) electrons. The largest absolute Gasteiger partial charge is 0.462 e. The Morgan fingerprint density at radius 3 is 0.467 bits per heavy atom. The van der Waals surface area contributed by atoms with Crippen molar-refractivity contribution in [2.75, 3.05) is 39.6 Å². The van der Waals surface area contributed by atoms with Crippen molar-refractivity contribution in [1.29, 1.82) is 0 Å². The van der Waals surface area contributed by atoms with Crippen molar-refractivity contribution in [1.82, 2.24) is 0 Å². The standard InChI is InChI=1S/C48H54O12/c49-43-37-13-15-39(16-14-37)45(51)57-27-33-5-7-35(8-6-33)29-59-47(53)41-21-23-42(24-22-41)48(54)60-30-36-11-9-34(10-12-36)28-58-46(52)40-19-17-38(18-20-40)44(50)56-26-32-2-1-31(3-4-32)25-55-43/h13-24,31-36H,1-12,25-30H2. The zero-order valence-corrected chi connectivity index (χ0v) is 34.0. The van der Waals surface area contributed by atoms with E-state index in [1.807, 2.05) is 0 Å². The Hall–Kier alpha value is -5.52. The molecule has 10 heterocycles.